The van der Waals surface area contributed by atoms with Gasteiger partial charge in [0.25, 0.3) is 0 Å². The first kappa shape index (κ1) is 15.0. The van der Waals surface area contributed by atoms with Gasteiger partial charge in [-0.15, -0.1) is 0 Å². The molecule has 0 aromatic carbocycles. The van der Waals surface area contributed by atoms with Crippen LogP contribution >= 0.6 is 0 Å². The number of aliphatic hydroxyl groups excluding tert-OH is 1. The van der Waals surface area contributed by atoms with E-state index in [0.717, 1.165) is 19.3 Å². The summed E-state index contributed by atoms with van der Waals surface area (Å²) in [6.45, 7) is 6.01. The Morgan fingerprint density at radius 1 is 0.867 bits per heavy atom. The van der Waals surface area contributed by atoms with E-state index in [1.54, 1.807) is 0 Å². The van der Waals surface area contributed by atoms with Crippen molar-refractivity contribution in [2.75, 3.05) is 0 Å². The Labute approximate surface area is 96.3 Å². The minimum atomic E-state index is -0.0372. The second-order valence-corrected chi connectivity index (χ2v) is 4.56. The fraction of sp³-hybridized carbons (Fsp3) is 0.929. The average molecular weight is 213 g/mol. The first-order valence-corrected chi connectivity index (χ1v) is 6.78. The molecule has 0 amide bonds. The average Bonchev–Trinajstić information content (AvgIpc) is 2.25. The molecule has 0 aliphatic carbocycles. The van der Waals surface area contributed by atoms with Crippen molar-refractivity contribution < 1.29 is 5.11 Å². The van der Waals surface area contributed by atoms with Crippen molar-refractivity contribution in [3.63, 3.8) is 0 Å². The van der Waals surface area contributed by atoms with Crippen molar-refractivity contribution in [3.8, 4) is 0 Å². The van der Waals surface area contributed by atoms with Crippen LogP contribution in [0.4, 0.5) is 0 Å². The van der Waals surface area contributed by atoms with Crippen molar-refractivity contribution in [2.24, 2.45) is 0 Å². The Bertz CT molecular complexity index is 112. The minimum Gasteiger partial charge on any atom is -0.393 e. The molecular weight excluding hydrogens is 184 g/mol. The lowest BCUT2D eigenvalue weighted by molar-refractivity contribution is 0.148. The molecule has 0 fully saturated rings. The summed E-state index contributed by atoms with van der Waals surface area (Å²) in [5.74, 6) is 0. The predicted octanol–water partition coefficient (Wildman–Crippen LogP) is 4.49. The van der Waals surface area contributed by atoms with Crippen LogP contribution in [-0.4, -0.2) is 11.2 Å². The van der Waals surface area contributed by atoms with Crippen molar-refractivity contribution in [1.29, 1.82) is 0 Å². The van der Waals surface area contributed by atoms with E-state index in [0.29, 0.717) is 0 Å². The zero-order valence-corrected chi connectivity index (χ0v) is 10.5. The lowest BCUT2D eigenvalue weighted by atomic mass is 10.0. The van der Waals surface area contributed by atoms with E-state index in [2.05, 4.69) is 13.8 Å². The van der Waals surface area contributed by atoms with Crippen molar-refractivity contribution in [2.45, 2.75) is 83.7 Å². The molecule has 0 spiro atoms. The van der Waals surface area contributed by atoms with Crippen LogP contribution in [0.5, 0.6) is 0 Å². The molecule has 1 nitrogen and oxygen atoms in total. The second kappa shape index (κ2) is 12.0. The lowest BCUT2D eigenvalue weighted by Crippen LogP contribution is -2.05. The van der Waals surface area contributed by atoms with E-state index >= 15 is 0 Å². The lowest BCUT2D eigenvalue weighted by Gasteiger charge is -2.09. The Kier molecular flexibility index (Phi) is 12.0. The minimum absolute atomic E-state index is 0.0372. The van der Waals surface area contributed by atoms with E-state index in [9.17, 15) is 5.11 Å². The van der Waals surface area contributed by atoms with Gasteiger partial charge in [0.15, 0.2) is 0 Å². The third kappa shape index (κ3) is 11.9. The van der Waals surface area contributed by atoms with Crippen LogP contribution < -0.4 is 0 Å². The number of aliphatic hydroxyl groups is 1. The Balaban J connectivity index is 3.02. The Morgan fingerprint density at radius 3 is 2.00 bits per heavy atom. The van der Waals surface area contributed by atoms with Crippen LogP contribution in [0.2, 0.25) is 0 Å². The highest BCUT2D eigenvalue weighted by atomic mass is 16.3. The first-order chi connectivity index (χ1) is 7.31. The number of hydrogen-bond donors (Lipinski definition) is 1. The standard InChI is InChI=1S/C14H29O/c1-3-5-7-8-9-10-11-13-14(15)12-6-4-2/h14-15H,1,3-13H2,2H3. The van der Waals surface area contributed by atoms with Crippen LogP contribution in [0.3, 0.4) is 0 Å². The Hall–Kier alpha value is -0.0400. The molecule has 0 heterocycles. The molecule has 0 aliphatic rings. The van der Waals surface area contributed by atoms with Gasteiger partial charge in [0, 0.05) is 0 Å². The highest BCUT2D eigenvalue weighted by molar-refractivity contribution is 4.56. The van der Waals surface area contributed by atoms with Crippen LogP contribution in [0.25, 0.3) is 0 Å². The van der Waals surface area contributed by atoms with Crippen LogP contribution in [0.1, 0.15) is 77.6 Å². The van der Waals surface area contributed by atoms with E-state index in [4.69, 9.17) is 0 Å². The smallest absolute Gasteiger partial charge is 0.0540 e. The SMILES string of the molecule is [CH2]CCCCCCCCC(O)CCCC. The van der Waals surface area contributed by atoms with Gasteiger partial charge in [0.2, 0.25) is 0 Å². The quantitative estimate of drug-likeness (QED) is 0.501. The molecule has 1 heteroatoms. The highest BCUT2D eigenvalue weighted by Crippen LogP contribution is 2.12. The van der Waals surface area contributed by atoms with Gasteiger partial charge in [-0.1, -0.05) is 71.6 Å². The van der Waals surface area contributed by atoms with E-state index < -0.39 is 0 Å². The van der Waals surface area contributed by atoms with Crippen LogP contribution in [0, 0.1) is 6.92 Å². The van der Waals surface area contributed by atoms with E-state index in [-0.39, 0.29) is 6.10 Å². The highest BCUT2D eigenvalue weighted by Gasteiger charge is 2.02. The maximum atomic E-state index is 9.61. The second-order valence-electron chi connectivity index (χ2n) is 4.56. The molecular formula is C14H29O. The predicted molar refractivity (Wildman–Crippen MR) is 67.8 cm³/mol. The molecule has 1 N–H and O–H groups in total. The molecule has 0 aliphatic heterocycles. The van der Waals surface area contributed by atoms with Crippen LogP contribution in [0.15, 0.2) is 0 Å². The maximum Gasteiger partial charge on any atom is 0.0540 e. The van der Waals surface area contributed by atoms with E-state index in [1.807, 2.05) is 0 Å². The maximum absolute atomic E-state index is 9.61. The van der Waals surface area contributed by atoms with E-state index in [1.165, 1.54) is 51.4 Å². The molecule has 1 atom stereocenters. The summed E-state index contributed by atoms with van der Waals surface area (Å²) in [6, 6.07) is 0. The van der Waals surface area contributed by atoms with Gasteiger partial charge >= 0.3 is 0 Å². The van der Waals surface area contributed by atoms with Crippen molar-refractivity contribution >= 4 is 0 Å². The number of unbranched alkanes of at least 4 members (excludes halogenated alkanes) is 7. The van der Waals surface area contributed by atoms with Gasteiger partial charge in [0.1, 0.15) is 0 Å². The molecule has 0 rings (SSSR count). The number of hydrogen-bond acceptors (Lipinski definition) is 1. The summed E-state index contributed by atoms with van der Waals surface area (Å²) in [7, 11) is 0. The monoisotopic (exact) mass is 213 g/mol. The molecule has 0 saturated heterocycles. The zero-order chi connectivity index (χ0) is 11.4. The van der Waals surface area contributed by atoms with Gasteiger partial charge in [-0.2, -0.15) is 0 Å². The summed E-state index contributed by atoms with van der Waals surface area (Å²) in [4.78, 5) is 0. The van der Waals surface area contributed by atoms with Crippen molar-refractivity contribution in [3.05, 3.63) is 6.92 Å². The molecule has 0 bridgehead atoms. The fourth-order valence-corrected chi connectivity index (χ4v) is 1.85. The van der Waals surface area contributed by atoms with Gasteiger partial charge in [-0.05, 0) is 12.8 Å². The summed E-state index contributed by atoms with van der Waals surface area (Å²) in [5.41, 5.74) is 0. The fourth-order valence-electron chi connectivity index (χ4n) is 1.85. The van der Waals surface area contributed by atoms with Crippen molar-refractivity contribution in [1.82, 2.24) is 0 Å². The summed E-state index contributed by atoms with van der Waals surface area (Å²) < 4.78 is 0. The molecule has 0 saturated carbocycles. The van der Waals surface area contributed by atoms with Gasteiger partial charge < -0.3 is 5.11 Å². The molecule has 1 unspecified atom stereocenters. The zero-order valence-electron chi connectivity index (χ0n) is 10.5. The topological polar surface area (TPSA) is 20.2 Å². The molecule has 0 aromatic heterocycles. The third-order valence-corrected chi connectivity index (χ3v) is 2.93. The molecule has 91 valence electrons. The largest absolute Gasteiger partial charge is 0.393 e. The summed E-state index contributed by atoms with van der Waals surface area (Å²) in [6.07, 6.45) is 13.2. The summed E-state index contributed by atoms with van der Waals surface area (Å²) in [5, 5.41) is 9.61. The summed E-state index contributed by atoms with van der Waals surface area (Å²) >= 11 is 0. The van der Waals surface area contributed by atoms with Crippen LogP contribution in [-0.2, 0) is 0 Å². The normalized spacial score (nSPS) is 13.0. The van der Waals surface area contributed by atoms with Gasteiger partial charge in [0.05, 0.1) is 6.10 Å². The Morgan fingerprint density at radius 2 is 1.40 bits per heavy atom. The molecule has 1 radical (unpaired) electrons. The molecule has 0 aromatic rings. The number of rotatable bonds is 11. The van der Waals surface area contributed by atoms with Gasteiger partial charge in [-0.25, -0.2) is 0 Å². The first-order valence-electron chi connectivity index (χ1n) is 6.78. The van der Waals surface area contributed by atoms with Gasteiger partial charge in [-0.3, -0.25) is 0 Å². The molecule has 15 heavy (non-hydrogen) atoms. The third-order valence-electron chi connectivity index (χ3n) is 2.93.